The summed E-state index contributed by atoms with van der Waals surface area (Å²) in [6.45, 7) is 7.70. The summed E-state index contributed by atoms with van der Waals surface area (Å²) in [5.74, 6) is 2.52. The molecule has 0 bridgehead atoms. The Morgan fingerprint density at radius 1 is 1.23 bits per heavy atom. The van der Waals surface area contributed by atoms with Gasteiger partial charge in [0.2, 0.25) is 0 Å². The van der Waals surface area contributed by atoms with Gasteiger partial charge in [-0.2, -0.15) is 0 Å². The number of carbonyl (C=O) groups is 1. The third-order valence-electron chi connectivity index (χ3n) is 4.64. The number of thioether (sulfide) groups is 1. The van der Waals surface area contributed by atoms with E-state index in [0.29, 0.717) is 29.1 Å². The average Bonchev–Trinajstić information content (AvgIpc) is 3.26. The smallest absolute Gasteiger partial charge is 0.287 e. The summed E-state index contributed by atoms with van der Waals surface area (Å²) in [5.41, 5.74) is 1.81. The fourth-order valence-corrected chi connectivity index (χ4v) is 3.66. The van der Waals surface area contributed by atoms with E-state index in [1.165, 1.54) is 11.8 Å². The van der Waals surface area contributed by atoms with E-state index in [1.54, 1.807) is 12.3 Å². The Bertz CT molecular complexity index is 991. The molecular formula is C23H29N5O2S. The summed E-state index contributed by atoms with van der Waals surface area (Å²) >= 11 is 1.51. The van der Waals surface area contributed by atoms with Crippen LogP contribution >= 0.6 is 11.8 Å². The number of furan rings is 1. The van der Waals surface area contributed by atoms with Gasteiger partial charge in [0.05, 0.1) is 18.0 Å². The Morgan fingerprint density at radius 3 is 2.77 bits per heavy atom. The molecule has 0 unspecified atom stereocenters. The lowest BCUT2D eigenvalue weighted by Crippen LogP contribution is -2.22. The molecule has 3 aromatic heterocycles. The minimum Gasteiger partial charge on any atom is -0.455 e. The van der Waals surface area contributed by atoms with Crippen molar-refractivity contribution in [3.63, 3.8) is 0 Å². The van der Waals surface area contributed by atoms with Gasteiger partial charge in [-0.25, -0.2) is 9.97 Å². The monoisotopic (exact) mass is 439 g/mol. The summed E-state index contributed by atoms with van der Waals surface area (Å²) in [6.07, 6.45) is 2.75. The van der Waals surface area contributed by atoms with E-state index in [4.69, 9.17) is 14.4 Å². The van der Waals surface area contributed by atoms with Crippen LogP contribution in [0.5, 0.6) is 0 Å². The highest BCUT2D eigenvalue weighted by atomic mass is 32.2. The number of rotatable bonds is 10. The first-order chi connectivity index (χ1) is 15.0. The largest absolute Gasteiger partial charge is 0.455 e. The molecule has 31 heavy (non-hydrogen) atoms. The zero-order valence-corrected chi connectivity index (χ0v) is 19.3. The lowest BCUT2D eigenvalue weighted by atomic mass is 10.1. The molecule has 0 atom stereocenters. The highest BCUT2D eigenvalue weighted by Gasteiger charge is 2.14. The van der Waals surface area contributed by atoms with E-state index >= 15 is 0 Å². The van der Waals surface area contributed by atoms with Crippen molar-refractivity contribution in [3.8, 4) is 0 Å². The fraction of sp³-hybridized carbons (Fsp3) is 0.391. The first-order valence-corrected chi connectivity index (χ1v) is 11.4. The third-order valence-corrected chi connectivity index (χ3v) is 5.51. The molecule has 0 aliphatic heterocycles. The van der Waals surface area contributed by atoms with Gasteiger partial charge in [-0.1, -0.05) is 38.6 Å². The molecule has 7 nitrogen and oxygen atoms in total. The summed E-state index contributed by atoms with van der Waals surface area (Å²) in [6, 6.07) is 11.2. The van der Waals surface area contributed by atoms with Crippen molar-refractivity contribution in [1.82, 2.24) is 20.3 Å². The summed E-state index contributed by atoms with van der Waals surface area (Å²) < 4.78 is 5.73. The Balaban J connectivity index is 1.62. The molecule has 8 heteroatoms. The van der Waals surface area contributed by atoms with Gasteiger partial charge in [0.25, 0.3) is 5.91 Å². The van der Waals surface area contributed by atoms with Crippen LogP contribution in [0, 0.1) is 0 Å². The highest BCUT2D eigenvalue weighted by molar-refractivity contribution is 7.98. The van der Waals surface area contributed by atoms with E-state index in [1.807, 2.05) is 31.3 Å². The minimum absolute atomic E-state index is 0.261. The van der Waals surface area contributed by atoms with Gasteiger partial charge in [0.1, 0.15) is 11.6 Å². The maximum Gasteiger partial charge on any atom is 0.287 e. The molecule has 3 aromatic rings. The van der Waals surface area contributed by atoms with E-state index in [-0.39, 0.29) is 11.7 Å². The van der Waals surface area contributed by atoms with Crippen LogP contribution in [0.25, 0.3) is 0 Å². The third kappa shape index (κ3) is 6.55. The number of amides is 1. The second-order valence-electron chi connectivity index (χ2n) is 7.57. The van der Waals surface area contributed by atoms with Crippen LogP contribution in [0.15, 0.2) is 52.2 Å². The van der Waals surface area contributed by atoms with E-state index < -0.39 is 0 Å². The number of pyridine rings is 1. The molecule has 1 N–H and O–H groups in total. The fourth-order valence-electron chi connectivity index (χ4n) is 2.91. The number of hydrogen-bond acceptors (Lipinski definition) is 7. The number of anilines is 1. The Morgan fingerprint density at radius 2 is 2.06 bits per heavy atom. The van der Waals surface area contributed by atoms with Crippen LogP contribution in [0.3, 0.4) is 0 Å². The SMILES string of the molecule is CCCN(C)c1cc(C(C)C)nc(SCc2ccc(C(=O)NCc3ccccn3)o2)n1. The topological polar surface area (TPSA) is 84.2 Å². The van der Waals surface area contributed by atoms with Gasteiger partial charge < -0.3 is 14.6 Å². The Labute approximate surface area is 187 Å². The van der Waals surface area contributed by atoms with Gasteiger partial charge in [-0.3, -0.25) is 9.78 Å². The van der Waals surface area contributed by atoms with E-state index in [2.05, 4.69) is 42.0 Å². The predicted octanol–water partition coefficient (Wildman–Crippen LogP) is 4.66. The first-order valence-electron chi connectivity index (χ1n) is 10.5. The highest BCUT2D eigenvalue weighted by Crippen LogP contribution is 2.26. The molecular weight excluding hydrogens is 410 g/mol. The number of aromatic nitrogens is 3. The standard InChI is InChI=1S/C23H29N5O2S/c1-5-12-28(4)21-13-19(16(2)3)26-23(27-21)31-15-18-9-10-20(30-18)22(29)25-14-17-8-6-7-11-24-17/h6-11,13,16H,5,12,14-15H2,1-4H3,(H,25,29). The van der Waals surface area contributed by atoms with Crippen molar-refractivity contribution >= 4 is 23.5 Å². The molecule has 0 aromatic carbocycles. The predicted molar refractivity (Wildman–Crippen MR) is 123 cm³/mol. The van der Waals surface area contributed by atoms with Crippen molar-refractivity contribution < 1.29 is 9.21 Å². The zero-order chi connectivity index (χ0) is 22.2. The lowest BCUT2D eigenvalue weighted by molar-refractivity contribution is 0.0921. The van der Waals surface area contributed by atoms with Gasteiger partial charge in [0, 0.05) is 31.5 Å². The molecule has 0 saturated carbocycles. The van der Waals surface area contributed by atoms with Crippen molar-refractivity contribution in [2.45, 2.75) is 50.6 Å². The van der Waals surface area contributed by atoms with Crippen LogP contribution in [0.1, 0.15) is 60.8 Å². The van der Waals surface area contributed by atoms with Crippen LogP contribution in [-0.4, -0.2) is 34.5 Å². The molecule has 0 radical (unpaired) electrons. The lowest BCUT2D eigenvalue weighted by Gasteiger charge is -2.19. The molecule has 0 saturated heterocycles. The summed E-state index contributed by atoms with van der Waals surface area (Å²) in [7, 11) is 2.05. The number of hydrogen-bond donors (Lipinski definition) is 1. The normalized spacial score (nSPS) is 11.0. The van der Waals surface area contributed by atoms with E-state index in [0.717, 1.165) is 30.2 Å². The maximum atomic E-state index is 12.3. The molecule has 0 fully saturated rings. The molecule has 3 rings (SSSR count). The molecule has 0 spiro atoms. The van der Waals surface area contributed by atoms with Gasteiger partial charge in [-0.05, 0) is 36.6 Å². The van der Waals surface area contributed by atoms with Crippen molar-refractivity contribution in [3.05, 3.63) is 65.5 Å². The Kier molecular flexibility index (Phi) is 8.06. The summed E-state index contributed by atoms with van der Waals surface area (Å²) in [4.78, 5) is 28.1. The van der Waals surface area contributed by atoms with Crippen LogP contribution < -0.4 is 10.2 Å². The average molecular weight is 440 g/mol. The second kappa shape index (κ2) is 10.9. The van der Waals surface area contributed by atoms with Crippen molar-refractivity contribution in [2.24, 2.45) is 0 Å². The number of nitrogens with zero attached hydrogens (tertiary/aromatic N) is 4. The quantitative estimate of drug-likeness (QED) is 0.363. The molecule has 0 aliphatic rings. The number of nitrogens with one attached hydrogen (secondary N) is 1. The Hall–Kier alpha value is -2.87. The summed E-state index contributed by atoms with van der Waals surface area (Å²) in [5, 5.41) is 3.53. The molecule has 3 heterocycles. The minimum atomic E-state index is -0.261. The van der Waals surface area contributed by atoms with Crippen molar-refractivity contribution in [2.75, 3.05) is 18.5 Å². The van der Waals surface area contributed by atoms with Crippen LogP contribution in [-0.2, 0) is 12.3 Å². The first kappa shape index (κ1) is 22.8. The molecule has 1 amide bonds. The van der Waals surface area contributed by atoms with Crippen molar-refractivity contribution in [1.29, 1.82) is 0 Å². The van der Waals surface area contributed by atoms with Gasteiger partial charge in [0.15, 0.2) is 10.9 Å². The zero-order valence-electron chi connectivity index (χ0n) is 18.5. The molecule has 0 aliphatic carbocycles. The maximum absolute atomic E-state index is 12.3. The van der Waals surface area contributed by atoms with Gasteiger partial charge >= 0.3 is 0 Å². The molecule has 164 valence electrons. The van der Waals surface area contributed by atoms with Crippen LogP contribution in [0.2, 0.25) is 0 Å². The van der Waals surface area contributed by atoms with Gasteiger partial charge in [-0.15, -0.1) is 0 Å². The second-order valence-corrected chi connectivity index (χ2v) is 8.51. The number of carbonyl (C=O) groups excluding carboxylic acids is 1. The van der Waals surface area contributed by atoms with Crippen LogP contribution in [0.4, 0.5) is 5.82 Å². The van der Waals surface area contributed by atoms with E-state index in [9.17, 15) is 4.79 Å².